The van der Waals surface area contributed by atoms with Crippen molar-refractivity contribution in [1.82, 2.24) is 14.3 Å². The van der Waals surface area contributed by atoms with Gasteiger partial charge in [0.1, 0.15) is 10.3 Å². The third kappa shape index (κ3) is 2.98. The molecule has 3 rings (SSSR count). The Hall–Kier alpha value is -1.35. The van der Waals surface area contributed by atoms with Crippen LogP contribution < -0.4 is 0 Å². The quantitative estimate of drug-likeness (QED) is 0.857. The summed E-state index contributed by atoms with van der Waals surface area (Å²) >= 11 is 1.22. The number of nitrogens with zero attached hydrogens (tertiary/aromatic N) is 3. The SMILES string of the molecule is Cc1ccnc([C@@H]2CN(S(=O)(=O)c3cccs3)CCO2)n1. The first-order chi connectivity index (χ1) is 10.1. The lowest BCUT2D eigenvalue weighted by molar-refractivity contribution is -0.00756. The number of sulfonamides is 1. The molecule has 0 bridgehead atoms. The second-order valence-corrected chi connectivity index (χ2v) is 7.82. The Morgan fingerprint density at radius 1 is 1.43 bits per heavy atom. The molecule has 0 unspecified atom stereocenters. The van der Waals surface area contributed by atoms with Gasteiger partial charge in [-0.3, -0.25) is 0 Å². The van der Waals surface area contributed by atoms with Gasteiger partial charge in [0.05, 0.1) is 6.61 Å². The van der Waals surface area contributed by atoms with Crippen LogP contribution in [0.5, 0.6) is 0 Å². The van der Waals surface area contributed by atoms with Crippen molar-refractivity contribution in [2.24, 2.45) is 0 Å². The molecule has 2 aromatic heterocycles. The fourth-order valence-corrected chi connectivity index (χ4v) is 4.73. The van der Waals surface area contributed by atoms with Gasteiger partial charge in [-0.1, -0.05) is 6.07 Å². The number of ether oxygens (including phenoxy) is 1. The highest BCUT2D eigenvalue weighted by Gasteiger charge is 2.33. The van der Waals surface area contributed by atoms with Crippen molar-refractivity contribution in [3.8, 4) is 0 Å². The van der Waals surface area contributed by atoms with Crippen molar-refractivity contribution < 1.29 is 13.2 Å². The molecule has 0 aromatic carbocycles. The lowest BCUT2D eigenvalue weighted by Crippen LogP contribution is -2.42. The summed E-state index contributed by atoms with van der Waals surface area (Å²) in [5, 5.41) is 1.76. The summed E-state index contributed by atoms with van der Waals surface area (Å²) in [6.07, 6.45) is 1.24. The van der Waals surface area contributed by atoms with E-state index < -0.39 is 16.1 Å². The molecule has 1 aliphatic rings. The Bertz CT molecular complexity index is 716. The summed E-state index contributed by atoms with van der Waals surface area (Å²) in [5.41, 5.74) is 0.835. The fourth-order valence-electron chi connectivity index (χ4n) is 2.16. The van der Waals surface area contributed by atoms with E-state index in [1.54, 1.807) is 29.8 Å². The molecule has 3 heterocycles. The second kappa shape index (κ2) is 5.80. The molecule has 1 atom stereocenters. The maximum absolute atomic E-state index is 12.5. The van der Waals surface area contributed by atoms with Crippen molar-refractivity contribution in [3.05, 3.63) is 41.3 Å². The van der Waals surface area contributed by atoms with Crippen molar-refractivity contribution in [2.45, 2.75) is 17.2 Å². The number of morpholine rings is 1. The van der Waals surface area contributed by atoms with Crippen LogP contribution in [0.2, 0.25) is 0 Å². The molecule has 0 saturated carbocycles. The number of rotatable bonds is 3. The smallest absolute Gasteiger partial charge is 0.252 e. The van der Waals surface area contributed by atoms with Crippen molar-refractivity contribution in [3.63, 3.8) is 0 Å². The normalized spacial score (nSPS) is 20.5. The van der Waals surface area contributed by atoms with E-state index in [9.17, 15) is 8.42 Å². The van der Waals surface area contributed by atoms with E-state index in [0.717, 1.165) is 5.69 Å². The van der Waals surface area contributed by atoms with Crippen LogP contribution >= 0.6 is 11.3 Å². The summed E-state index contributed by atoms with van der Waals surface area (Å²) in [5.74, 6) is 0.529. The average molecular weight is 325 g/mol. The minimum absolute atomic E-state index is 0.240. The van der Waals surface area contributed by atoms with Crippen LogP contribution in [0.1, 0.15) is 17.6 Å². The number of aromatic nitrogens is 2. The highest BCUT2D eigenvalue weighted by atomic mass is 32.2. The summed E-state index contributed by atoms with van der Waals surface area (Å²) in [7, 11) is -3.45. The van der Waals surface area contributed by atoms with Gasteiger partial charge in [0.25, 0.3) is 10.0 Å². The first kappa shape index (κ1) is 14.6. The van der Waals surface area contributed by atoms with Gasteiger partial charge in [0.15, 0.2) is 5.82 Å². The number of aryl methyl sites for hydroxylation is 1. The summed E-state index contributed by atoms with van der Waals surface area (Å²) in [4.78, 5) is 8.51. The fraction of sp³-hybridized carbons (Fsp3) is 0.385. The summed E-state index contributed by atoms with van der Waals surface area (Å²) < 4.78 is 32.5. The zero-order valence-corrected chi connectivity index (χ0v) is 13.1. The molecule has 21 heavy (non-hydrogen) atoms. The monoisotopic (exact) mass is 325 g/mol. The van der Waals surface area contributed by atoms with Crippen LogP contribution in [-0.2, 0) is 14.8 Å². The zero-order valence-electron chi connectivity index (χ0n) is 11.5. The molecule has 1 fully saturated rings. The third-order valence-corrected chi connectivity index (χ3v) is 6.46. The summed E-state index contributed by atoms with van der Waals surface area (Å²) in [6, 6.07) is 5.15. The van der Waals surface area contributed by atoms with E-state index in [1.165, 1.54) is 15.6 Å². The Morgan fingerprint density at radius 3 is 3.00 bits per heavy atom. The molecular weight excluding hydrogens is 310 g/mol. The van der Waals surface area contributed by atoms with Gasteiger partial charge in [-0.25, -0.2) is 18.4 Å². The van der Waals surface area contributed by atoms with E-state index in [2.05, 4.69) is 9.97 Å². The molecule has 0 amide bonds. The van der Waals surface area contributed by atoms with E-state index in [4.69, 9.17) is 4.74 Å². The Kier molecular flexibility index (Phi) is 4.03. The van der Waals surface area contributed by atoms with E-state index in [1.807, 2.05) is 6.92 Å². The Balaban J connectivity index is 1.83. The first-order valence-corrected chi connectivity index (χ1v) is 8.84. The third-order valence-electron chi connectivity index (χ3n) is 3.22. The standard InChI is InChI=1S/C13H15N3O3S2/c1-10-4-5-14-13(15-10)11-9-16(6-7-19-11)21(17,18)12-3-2-8-20-12/h2-5,8,11H,6-7,9H2,1H3/t11-/m0/s1. The van der Waals surface area contributed by atoms with Crippen molar-refractivity contribution in [1.29, 1.82) is 0 Å². The van der Waals surface area contributed by atoms with Crippen LogP contribution in [0.15, 0.2) is 34.0 Å². The van der Waals surface area contributed by atoms with E-state index in [0.29, 0.717) is 23.2 Å². The average Bonchev–Trinajstić information content (AvgIpc) is 3.02. The molecule has 6 nitrogen and oxygen atoms in total. The van der Waals surface area contributed by atoms with E-state index in [-0.39, 0.29) is 6.54 Å². The minimum atomic E-state index is -3.45. The van der Waals surface area contributed by atoms with Crippen LogP contribution in [0.25, 0.3) is 0 Å². The molecular formula is C13H15N3O3S2. The highest BCUT2D eigenvalue weighted by molar-refractivity contribution is 7.91. The Morgan fingerprint density at radius 2 is 2.29 bits per heavy atom. The summed E-state index contributed by atoms with van der Waals surface area (Å²) in [6.45, 7) is 2.80. The minimum Gasteiger partial charge on any atom is -0.367 e. The molecule has 0 spiro atoms. The van der Waals surface area contributed by atoms with Gasteiger partial charge in [-0.15, -0.1) is 11.3 Å². The molecule has 0 N–H and O–H groups in total. The largest absolute Gasteiger partial charge is 0.367 e. The maximum atomic E-state index is 12.5. The van der Waals surface area contributed by atoms with Crippen LogP contribution in [0, 0.1) is 6.92 Å². The number of hydrogen-bond acceptors (Lipinski definition) is 6. The molecule has 1 aliphatic heterocycles. The van der Waals surface area contributed by atoms with Crippen molar-refractivity contribution in [2.75, 3.05) is 19.7 Å². The van der Waals surface area contributed by atoms with Gasteiger partial charge < -0.3 is 4.74 Å². The molecule has 112 valence electrons. The number of hydrogen-bond donors (Lipinski definition) is 0. The highest BCUT2D eigenvalue weighted by Crippen LogP contribution is 2.26. The van der Waals surface area contributed by atoms with Gasteiger partial charge in [-0.2, -0.15) is 4.31 Å². The second-order valence-electron chi connectivity index (χ2n) is 4.71. The van der Waals surface area contributed by atoms with Gasteiger partial charge in [-0.05, 0) is 24.4 Å². The van der Waals surface area contributed by atoms with Gasteiger partial charge in [0.2, 0.25) is 0 Å². The van der Waals surface area contributed by atoms with Crippen LogP contribution in [0.3, 0.4) is 0 Å². The lowest BCUT2D eigenvalue weighted by Gasteiger charge is -2.31. The Labute approximate surface area is 127 Å². The molecule has 1 saturated heterocycles. The molecule has 0 radical (unpaired) electrons. The predicted octanol–water partition coefficient (Wildman–Crippen LogP) is 1.61. The first-order valence-electron chi connectivity index (χ1n) is 6.52. The van der Waals surface area contributed by atoms with Crippen molar-refractivity contribution >= 4 is 21.4 Å². The zero-order chi connectivity index (χ0) is 14.9. The molecule has 2 aromatic rings. The van der Waals surface area contributed by atoms with Gasteiger partial charge >= 0.3 is 0 Å². The van der Waals surface area contributed by atoms with Crippen LogP contribution in [0.4, 0.5) is 0 Å². The van der Waals surface area contributed by atoms with Crippen LogP contribution in [-0.4, -0.2) is 42.4 Å². The number of thiophene rings is 1. The van der Waals surface area contributed by atoms with Gasteiger partial charge in [0, 0.05) is 25.0 Å². The molecule has 0 aliphatic carbocycles. The van der Waals surface area contributed by atoms with E-state index >= 15 is 0 Å². The maximum Gasteiger partial charge on any atom is 0.252 e. The lowest BCUT2D eigenvalue weighted by atomic mass is 10.3. The molecule has 8 heteroatoms. The predicted molar refractivity (Wildman–Crippen MR) is 78.5 cm³/mol. The topological polar surface area (TPSA) is 72.4 Å².